The van der Waals surface area contributed by atoms with Crippen LogP contribution in [0.25, 0.3) is 0 Å². The first-order chi connectivity index (χ1) is 12.5. The predicted molar refractivity (Wildman–Crippen MR) is 100 cm³/mol. The molecular weight excluding hydrogens is 334 g/mol. The minimum atomic E-state index is -0.540. The summed E-state index contributed by atoms with van der Waals surface area (Å²) in [6.07, 6.45) is 0. The largest absolute Gasteiger partial charge is 0.477 e. The van der Waals surface area contributed by atoms with Crippen molar-refractivity contribution in [2.75, 3.05) is 25.0 Å². The van der Waals surface area contributed by atoms with Crippen molar-refractivity contribution in [1.29, 1.82) is 0 Å². The van der Waals surface area contributed by atoms with E-state index in [1.807, 2.05) is 24.3 Å². The molecule has 0 aliphatic rings. The Morgan fingerprint density at radius 2 is 1.77 bits per heavy atom. The molecule has 7 nitrogen and oxygen atoms in total. The molecule has 0 spiro atoms. The molecule has 0 saturated carbocycles. The van der Waals surface area contributed by atoms with E-state index < -0.39 is 4.92 Å². The highest BCUT2D eigenvalue weighted by atomic mass is 16.6. The van der Waals surface area contributed by atoms with Crippen LogP contribution in [0.3, 0.4) is 0 Å². The Morgan fingerprint density at radius 1 is 1.12 bits per heavy atom. The Bertz CT molecular complexity index is 743. The predicted octanol–water partition coefficient (Wildman–Crippen LogP) is 3.45. The fraction of sp³-hybridized carbons (Fsp3) is 0.316. The number of rotatable bonds is 9. The Balaban J connectivity index is 1.89. The molecule has 0 heterocycles. The number of anilines is 1. The Morgan fingerprint density at radius 3 is 2.38 bits per heavy atom. The SMILES string of the molecule is CCN(CC)Cc1ccc(NC(=O)COc2ccccc2[N+](=O)[O-])cc1. The molecule has 0 atom stereocenters. The number of hydrogen-bond acceptors (Lipinski definition) is 5. The van der Waals surface area contributed by atoms with Gasteiger partial charge in [0.05, 0.1) is 4.92 Å². The maximum absolute atomic E-state index is 12.0. The second kappa shape index (κ2) is 9.53. The third kappa shape index (κ3) is 5.56. The third-order valence-corrected chi connectivity index (χ3v) is 3.96. The number of amides is 1. The van der Waals surface area contributed by atoms with Gasteiger partial charge in [0.15, 0.2) is 12.4 Å². The lowest BCUT2D eigenvalue weighted by Crippen LogP contribution is -2.22. The van der Waals surface area contributed by atoms with Gasteiger partial charge >= 0.3 is 5.69 Å². The molecule has 0 fully saturated rings. The van der Waals surface area contributed by atoms with Crippen molar-refractivity contribution in [2.45, 2.75) is 20.4 Å². The molecule has 1 N–H and O–H groups in total. The van der Waals surface area contributed by atoms with Gasteiger partial charge in [-0.05, 0) is 36.9 Å². The lowest BCUT2D eigenvalue weighted by atomic mass is 10.2. The monoisotopic (exact) mass is 357 g/mol. The molecule has 0 saturated heterocycles. The quantitative estimate of drug-likeness (QED) is 0.549. The van der Waals surface area contributed by atoms with E-state index in [1.165, 1.54) is 17.7 Å². The number of ether oxygens (including phenoxy) is 1. The summed E-state index contributed by atoms with van der Waals surface area (Å²) in [5.74, 6) is -0.304. The van der Waals surface area contributed by atoms with Crippen LogP contribution in [0.5, 0.6) is 5.75 Å². The van der Waals surface area contributed by atoms with E-state index in [-0.39, 0.29) is 24.0 Å². The molecule has 0 aliphatic heterocycles. The Hall–Kier alpha value is -2.93. The zero-order valence-electron chi connectivity index (χ0n) is 15.0. The van der Waals surface area contributed by atoms with E-state index in [0.717, 1.165) is 19.6 Å². The van der Waals surface area contributed by atoms with Crippen LogP contribution in [0.2, 0.25) is 0 Å². The average Bonchev–Trinajstić information content (AvgIpc) is 2.66. The van der Waals surface area contributed by atoms with Crippen LogP contribution in [-0.2, 0) is 11.3 Å². The fourth-order valence-corrected chi connectivity index (χ4v) is 2.47. The van der Waals surface area contributed by atoms with Gasteiger partial charge in [-0.15, -0.1) is 0 Å². The van der Waals surface area contributed by atoms with Crippen LogP contribution in [-0.4, -0.2) is 35.4 Å². The molecule has 7 heteroatoms. The number of para-hydroxylation sites is 2. The van der Waals surface area contributed by atoms with Crippen molar-refractivity contribution in [3.05, 3.63) is 64.2 Å². The molecule has 2 aromatic rings. The number of nitro groups is 1. The van der Waals surface area contributed by atoms with E-state index in [9.17, 15) is 14.9 Å². The van der Waals surface area contributed by atoms with Crippen molar-refractivity contribution in [2.24, 2.45) is 0 Å². The van der Waals surface area contributed by atoms with Crippen molar-refractivity contribution in [1.82, 2.24) is 4.90 Å². The maximum Gasteiger partial charge on any atom is 0.310 e. The van der Waals surface area contributed by atoms with Gasteiger partial charge in [0.2, 0.25) is 0 Å². The summed E-state index contributed by atoms with van der Waals surface area (Å²) in [7, 11) is 0. The summed E-state index contributed by atoms with van der Waals surface area (Å²) in [5, 5.41) is 13.7. The molecular formula is C19H23N3O4. The summed E-state index contributed by atoms with van der Waals surface area (Å²) < 4.78 is 5.28. The van der Waals surface area contributed by atoms with Crippen molar-refractivity contribution in [3.8, 4) is 5.75 Å². The summed E-state index contributed by atoms with van der Waals surface area (Å²) in [6.45, 7) is 6.77. The third-order valence-electron chi connectivity index (χ3n) is 3.96. The highest BCUT2D eigenvalue weighted by Crippen LogP contribution is 2.25. The number of nitro benzene ring substituents is 1. The van der Waals surface area contributed by atoms with Crippen LogP contribution < -0.4 is 10.1 Å². The van der Waals surface area contributed by atoms with Gasteiger partial charge in [0, 0.05) is 18.3 Å². The first-order valence-corrected chi connectivity index (χ1v) is 8.50. The van der Waals surface area contributed by atoms with Crippen molar-refractivity contribution < 1.29 is 14.5 Å². The summed E-state index contributed by atoms with van der Waals surface area (Å²) >= 11 is 0. The van der Waals surface area contributed by atoms with Gasteiger partial charge in [0.1, 0.15) is 0 Å². The molecule has 26 heavy (non-hydrogen) atoms. The number of hydrogen-bond donors (Lipinski definition) is 1. The molecule has 2 aromatic carbocycles. The molecule has 0 unspecified atom stereocenters. The molecule has 1 amide bonds. The van der Waals surface area contributed by atoms with E-state index in [4.69, 9.17) is 4.74 Å². The molecule has 0 radical (unpaired) electrons. The number of benzene rings is 2. The molecule has 138 valence electrons. The lowest BCUT2D eigenvalue weighted by Gasteiger charge is -2.18. The van der Waals surface area contributed by atoms with Crippen LogP contribution in [0, 0.1) is 10.1 Å². The minimum absolute atomic E-state index is 0.0715. The second-order valence-electron chi connectivity index (χ2n) is 5.72. The first kappa shape index (κ1) is 19.4. The molecule has 0 bridgehead atoms. The number of carbonyl (C=O) groups excluding carboxylic acids is 1. The van der Waals surface area contributed by atoms with Crippen LogP contribution in [0.15, 0.2) is 48.5 Å². The van der Waals surface area contributed by atoms with E-state index in [2.05, 4.69) is 24.1 Å². The Kier molecular flexibility index (Phi) is 7.11. The van der Waals surface area contributed by atoms with Gasteiger partial charge in [-0.3, -0.25) is 19.8 Å². The van der Waals surface area contributed by atoms with Gasteiger partial charge < -0.3 is 10.1 Å². The highest BCUT2D eigenvalue weighted by molar-refractivity contribution is 5.91. The average molecular weight is 357 g/mol. The van der Waals surface area contributed by atoms with Gasteiger partial charge in [-0.25, -0.2) is 0 Å². The summed E-state index contributed by atoms with van der Waals surface area (Å²) in [4.78, 5) is 24.7. The number of nitrogens with one attached hydrogen (secondary N) is 1. The standard InChI is InChI=1S/C19H23N3O4/c1-3-21(4-2)13-15-9-11-16(12-10-15)20-19(23)14-26-18-8-6-5-7-17(18)22(24)25/h5-12H,3-4,13-14H2,1-2H3,(H,20,23). The van der Waals surface area contributed by atoms with Crippen molar-refractivity contribution >= 4 is 17.3 Å². The van der Waals surface area contributed by atoms with Gasteiger partial charge in [0.25, 0.3) is 5.91 Å². The van der Waals surface area contributed by atoms with Crippen molar-refractivity contribution in [3.63, 3.8) is 0 Å². The van der Waals surface area contributed by atoms with E-state index in [1.54, 1.807) is 12.1 Å². The topological polar surface area (TPSA) is 84.7 Å². The maximum atomic E-state index is 12.0. The molecule has 2 rings (SSSR count). The zero-order valence-corrected chi connectivity index (χ0v) is 15.0. The zero-order chi connectivity index (χ0) is 18.9. The van der Waals surface area contributed by atoms with E-state index in [0.29, 0.717) is 5.69 Å². The van der Waals surface area contributed by atoms with Crippen LogP contribution in [0.1, 0.15) is 19.4 Å². The minimum Gasteiger partial charge on any atom is -0.477 e. The Labute approximate surface area is 152 Å². The first-order valence-electron chi connectivity index (χ1n) is 8.50. The number of carbonyl (C=O) groups is 1. The smallest absolute Gasteiger partial charge is 0.310 e. The summed E-state index contributed by atoms with van der Waals surface area (Å²) in [5.41, 5.74) is 1.66. The van der Waals surface area contributed by atoms with Crippen LogP contribution >= 0.6 is 0 Å². The van der Waals surface area contributed by atoms with Gasteiger partial charge in [-0.1, -0.05) is 38.1 Å². The molecule has 0 aromatic heterocycles. The fourth-order valence-electron chi connectivity index (χ4n) is 2.47. The molecule has 0 aliphatic carbocycles. The highest BCUT2D eigenvalue weighted by Gasteiger charge is 2.15. The van der Waals surface area contributed by atoms with E-state index >= 15 is 0 Å². The summed E-state index contributed by atoms with van der Waals surface area (Å²) in [6, 6.07) is 13.6. The van der Waals surface area contributed by atoms with Gasteiger partial charge in [-0.2, -0.15) is 0 Å². The normalized spacial score (nSPS) is 10.6. The lowest BCUT2D eigenvalue weighted by molar-refractivity contribution is -0.385. The number of nitrogens with zero attached hydrogens (tertiary/aromatic N) is 2. The second-order valence-corrected chi connectivity index (χ2v) is 5.72. The van der Waals surface area contributed by atoms with Crippen LogP contribution in [0.4, 0.5) is 11.4 Å².